The van der Waals surface area contributed by atoms with E-state index in [0.29, 0.717) is 30.7 Å². The molecular weight excluding hydrogens is 755 g/mol. The molecule has 2 aromatic rings. The third-order valence-corrected chi connectivity index (χ3v) is 20.0. The molecule has 0 bridgehead atoms. The minimum atomic E-state index is -2.11. The van der Waals surface area contributed by atoms with Crippen LogP contribution in [-0.2, 0) is 35.3 Å². The molecule has 0 aromatic heterocycles. The first kappa shape index (κ1) is 46.3. The van der Waals surface area contributed by atoms with Crippen LogP contribution < -0.4 is 4.74 Å². The number of esters is 1. The summed E-state index contributed by atoms with van der Waals surface area (Å²) in [7, 11) is -1.20. The van der Waals surface area contributed by atoms with Gasteiger partial charge in [0.25, 0.3) is 0 Å². The molecule has 0 radical (unpaired) electrons. The maximum atomic E-state index is 14.4. The van der Waals surface area contributed by atoms with Crippen molar-refractivity contribution in [3.05, 3.63) is 65.3 Å². The normalized spacial score (nSPS) is 26.5. The molecule has 0 spiro atoms. The summed E-state index contributed by atoms with van der Waals surface area (Å²) < 4.78 is 26.0. The first-order valence-corrected chi connectivity index (χ1v) is 26.5. The van der Waals surface area contributed by atoms with Crippen molar-refractivity contribution in [2.24, 2.45) is 29.6 Å². The van der Waals surface area contributed by atoms with Crippen molar-refractivity contribution >= 4 is 40.7 Å². The van der Waals surface area contributed by atoms with E-state index in [1.165, 1.54) is 5.57 Å². The van der Waals surface area contributed by atoms with Gasteiger partial charge in [-0.15, -0.1) is 0 Å². The topological polar surface area (TPSA) is 74.3 Å². The molecule has 3 aliphatic rings. The lowest BCUT2D eigenvalue weighted by atomic mass is 9.65. The lowest BCUT2D eigenvalue weighted by molar-refractivity contribution is -0.158. The molecule has 0 saturated carbocycles. The predicted octanol–water partition coefficient (Wildman–Crippen LogP) is 11.4. The third-order valence-electron chi connectivity index (χ3n) is 13.8. The number of hydrogen-bond acceptors (Lipinski definition) is 6. The number of amides is 1. The number of rotatable bonds is 14. The van der Waals surface area contributed by atoms with Crippen LogP contribution in [0.4, 0.5) is 0 Å². The number of carbonyl (C=O) groups excluding carboxylic acids is 2. The van der Waals surface area contributed by atoms with Crippen molar-refractivity contribution in [1.82, 2.24) is 4.90 Å². The van der Waals surface area contributed by atoms with Crippen LogP contribution in [0.15, 0.2) is 54.1 Å². The van der Waals surface area contributed by atoms with E-state index in [9.17, 15) is 9.59 Å². The fourth-order valence-electron chi connectivity index (χ4n) is 9.16. The Labute approximate surface area is 355 Å². The van der Waals surface area contributed by atoms with Gasteiger partial charge in [0.15, 0.2) is 18.1 Å². The van der Waals surface area contributed by atoms with E-state index in [1.807, 2.05) is 13.8 Å². The molecule has 1 saturated heterocycles. The monoisotopic (exact) mass is 832 g/mol. The van der Waals surface area contributed by atoms with E-state index >= 15 is 0 Å². The molecule has 1 heterocycles. The van der Waals surface area contributed by atoms with E-state index in [1.54, 1.807) is 7.11 Å². The predicted molar refractivity (Wildman–Crippen MR) is 244 cm³/mol. The number of hydrogen-bond donors (Lipinski definition) is 0. The van der Waals surface area contributed by atoms with Crippen LogP contribution in [0.2, 0.25) is 23.2 Å². The number of ether oxygens (including phenoxy) is 2. The largest absolute Gasteiger partial charge is 0.496 e. The fourth-order valence-corrected chi connectivity index (χ4v) is 11.5. The first-order valence-electron chi connectivity index (χ1n) is 22.3. The van der Waals surface area contributed by atoms with E-state index in [2.05, 4.69) is 136 Å². The van der Waals surface area contributed by atoms with Crippen LogP contribution in [0.3, 0.4) is 0 Å². The summed E-state index contributed by atoms with van der Waals surface area (Å²) in [5, 5.41) is 2.45. The van der Waals surface area contributed by atoms with Crippen LogP contribution in [0.1, 0.15) is 133 Å². The molecule has 1 fully saturated rings. The molecule has 5 rings (SSSR count). The molecule has 1 aliphatic heterocycles. The summed E-state index contributed by atoms with van der Waals surface area (Å²) in [5.74, 6) is 1.95. The smallest absolute Gasteiger partial charge is 0.308 e. The van der Waals surface area contributed by atoms with Crippen LogP contribution in [0.25, 0.3) is 10.8 Å². The lowest BCUT2D eigenvalue weighted by Gasteiger charge is -2.46. The molecular formula is C49H77NO6Si2. The number of likely N-dealkylation sites (tertiary alicyclic amines) is 1. The van der Waals surface area contributed by atoms with Gasteiger partial charge in [0.05, 0.1) is 31.2 Å². The molecule has 2 aromatic carbocycles. The Bertz CT molecular complexity index is 1840. The fraction of sp³-hybridized carbons (Fsp3) is 0.673. The minimum Gasteiger partial charge on any atom is -0.496 e. The van der Waals surface area contributed by atoms with E-state index in [4.69, 9.17) is 18.3 Å². The molecule has 58 heavy (non-hydrogen) atoms. The molecule has 9 heteroatoms. The number of methoxy groups -OCH3 is 1. The first-order chi connectivity index (χ1) is 26.9. The Morgan fingerprint density at radius 1 is 1.00 bits per heavy atom. The minimum absolute atomic E-state index is 0.0296. The number of allylic oxidation sites excluding steroid dienone is 3. The average Bonchev–Trinajstić information content (AvgIpc) is 3.13. The second kappa shape index (κ2) is 18.1. The van der Waals surface area contributed by atoms with Gasteiger partial charge in [-0.25, -0.2) is 0 Å². The highest BCUT2D eigenvalue weighted by Gasteiger charge is 2.45. The molecule has 0 N–H and O–H groups in total. The zero-order valence-corrected chi connectivity index (χ0v) is 41.2. The summed E-state index contributed by atoms with van der Waals surface area (Å²) in [6.45, 7) is 31.6. The molecule has 1 amide bonds. The number of carbonyl (C=O) groups is 2. The van der Waals surface area contributed by atoms with Gasteiger partial charge in [-0.2, -0.15) is 0 Å². The highest BCUT2D eigenvalue weighted by molar-refractivity contribution is 6.74. The zero-order valence-electron chi connectivity index (χ0n) is 38.8. The van der Waals surface area contributed by atoms with Gasteiger partial charge in [-0.1, -0.05) is 106 Å². The van der Waals surface area contributed by atoms with Crippen molar-refractivity contribution in [3.63, 3.8) is 0 Å². The standard InChI is InChI=1S/C49H77NO6Si2/c1-16-32(3)46(52)54-42-26-31(2)25-36-19-17-33(4)39(44(36)42)23-21-37-28-38(55-58(14,15)48(8,9)10)29-43(51)50(37)30-34-18-22-40-35(27-34)20-24-41(53-13)45(40)49(11,12)56-57-47(5,6)7/h17-20,22,24-25,27,31-33,37-39,42,44H,16,21,23,26,28-30,57H2,1-15H3. The van der Waals surface area contributed by atoms with Gasteiger partial charge in [0.1, 0.15) is 11.9 Å². The van der Waals surface area contributed by atoms with Crippen molar-refractivity contribution in [2.45, 2.75) is 175 Å². The van der Waals surface area contributed by atoms with Gasteiger partial charge in [0, 0.05) is 24.1 Å². The van der Waals surface area contributed by atoms with Gasteiger partial charge < -0.3 is 23.2 Å². The van der Waals surface area contributed by atoms with Crippen molar-refractivity contribution in [1.29, 1.82) is 0 Å². The summed E-state index contributed by atoms with van der Waals surface area (Å²) in [6.07, 6.45) is 11.5. The summed E-state index contributed by atoms with van der Waals surface area (Å²) in [5.41, 5.74) is 2.98. The second-order valence-corrected chi connectivity index (χ2v) is 28.8. The maximum absolute atomic E-state index is 14.4. The molecule has 7 nitrogen and oxygen atoms in total. The average molecular weight is 832 g/mol. The molecule has 8 atom stereocenters. The van der Waals surface area contributed by atoms with Gasteiger partial charge in [0.2, 0.25) is 5.91 Å². The SMILES string of the molecule is CCC(C)C(=O)OC1CC(C)C=C2C=CC(C)C(CCC3CC(O[Si](C)(C)C(C)(C)C)CC(=O)N3Cc3ccc4c(C(C)(C)O[SiH2]C(C)(C)C)c(OC)ccc4c3)C21. The van der Waals surface area contributed by atoms with Crippen LogP contribution in [0.5, 0.6) is 5.75 Å². The van der Waals surface area contributed by atoms with Crippen molar-refractivity contribution in [3.8, 4) is 5.75 Å². The van der Waals surface area contributed by atoms with Crippen LogP contribution in [0, 0.1) is 29.6 Å². The Morgan fingerprint density at radius 3 is 2.34 bits per heavy atom. The number of fused-ring (bicyclic) bond motifs is 2. The number of nitrogens with zero attached hydrogens (tertiary/aromatic N) is 1. The third kappa shape index (κ3) is 10.8. The molecule has 322 valence electrons. The Balaban J connectivity index is 1.45. The van der Waals surface area contributed by atoms with E-state index < -0.39 is 23.7 Å². The van der Waals surface area contributed by atoms with Crippen molar-refractivity contribution < 1.29 is 27.9 Å². The molecule has 2 aliphatic carbocycles. The molecule has 8 unspecified atom stereocenters. The summed E-state index contributed by atoms with van der Waals surface area (Å²) in [4.78, 5) is 29.8. The van der Waals surface area contributed by atoms with Crippen LogP contribution >= 0.6 is 0 Å². The van der Waals surface area contributed by atoms with Crippen molar-refractivity contribution in [2.75, 3.05) is 7.11 Å². The van der Waals surface area contributed by atoms with Crippen LogP contribution in [-0.4, -0.2) is 60.2 Å². The highest BCUT2D eigenvalue weighted by atomic mass is 28.4. The quantitative estimate of drug-likeness (QED) is 0.139. The zero-order chi connectivity index (χ0) is 43.0. The summed E-state index contributed by atoms with van der Waals surface area (Å²) in [6, 6.07) is 10.9. The van der Waals surface area contributed by atoms with E-state index in [-0.39, 0.29) is 52.0 Å². The highest BCUT2D eigenvalue weighted by Crippen LogP contribution is 2.47. The second-order valence-electron chi connectivity index (χ2n) is 21.3. The van der Waals surface area contributed by atoms with Gasteiger partial charge >= 0.3 is 5.97 Å². The summed E-state index contributed by atoms with van der Waals surface area (Å²) >= 11 is 0. The van der Waals surface area contributed by atoms with Gasteiger partial charge in [-0.05, 0) is 121 Å². The van der Waals surface area contributed by atoms with Gasteiger partial charge in [-0.3, -0.25) is 9.59 Å². The number of benzene rings is 2. The Kier molecular flexibility index (Phi) is 14.5. The Hall–Kier alpha value is -2.73. The Morgan fingerprint density at radius 2 is 1.71 bits per heavy atom. The number of piperidine rings is 1. The lowest BCUT2D eigenvalue weighted by Crippen LogP contribution is -2.52. The van der Waals surface area contributed by atoms with E-state index in [0.717, 1.165) is 59.8 Å². The maximum Gasteiger partial charge on any atom is 0.308 e.